The van der Waals surface area contributed by atoms with Crippen molar-refractivity contribution < 1.29 is 18.6 Å². The molecule has 158 valence electrons. The average Bonchev–Trinajstić information content (AvgIpc) is 2.75. The van der Waals surface area contributed by atoms with Crippen LogP contribution in [-0.2, 0) is 13.2 Å². The van der Waals surface area contributed by atoms with Gasteiger partial charge in [-0.25, -0.2) is 9.37 Å². The van der Waals surface area contributed by atoms with Gasteiger partial charge in [-0.15, -0.1) is 0 Å². The zero-order valence-corrected chi connectivity index (χ0v) is 18.3. The maximum atomic E-state index is 13.9. The first kappa shape index (κ1) is 22.1. The summed E-state index contributed by atoms with van der Waals surface area (Å²) in [4.78, 5) is 4.12. The molecule has 0 fully saturated rings. The lowest BCUT2D eigenvalue weighted by molar-refractivity contribution is 0.264. The molecule has 0 bridgehead atoms. The highest BCUT2D eigenvalue weighted by atomic mass is 79.9. The molecule has 0 saturated heterocycles. The Bertz CT molecular complexity index is 941. The van der Waals surface area contributed by atoms with E-state index in [1.807, 2.05) is 37.3 Å². The second-order valence-corrected chi connectivity index (χ2v) is 7.27. The molecule has 2 aromatic carbocycles. The van der Waals surface area contributed by atoms with Crippen LogP contribution in [0.25, 0.3) is 0 Å². The Hall–Kier alpha value is -2.64. The Kier molecular flexibility index (Phi) is 8.47. The molecule has 0 radical (unpaired) electrons. The van der Waals surface area contributed by atoms with E-state index < -0.39 is 0 Å². The standard InChI is InChI=1S/C23H24BrFN2O3/c1-2-28-21-14-17(15-26-11-12-29-22-9-5-6-10-27-22)13-19(24)23(21)30-16-18-7-3-4-8-20(18)25/h3-10,13-14,26H,2,11-12,15-16H2,1H3. The van der Waals surface area contributed by atoms with Crippen molar-refractivity contribution in [3.63, 3.8) is 0 Å². The monoisotopic (exact) mass is 474 g/mol. The van der Waals surface area contributed by atoms with Gasteiger partial charge in [0.25, 0.3) is 0 Å². The van der Waals surface area contributed by atoms with Gasteiger partial charge >= 0.3 is 0 Å². The van der Waals surface area contributed by atoms with Gasteiger partial charge in [0.15, 0.2) is 11.5 Å². The van der Waals surface area contributed by atoms with E-state index in [9.17, 15) is 4.39 Å². The molecule has 3 rings (SSSR count). The van der Waals surface area contributed by atoms with Crippen molar-refractivity contribution >= 4 is 15.9 Å². The number of benzene rings is 2. The van der Waals surface area contributed by atoms with Gasteiger partial charge in [0, 0.05) is 30.9 Å². The molecule has 5 nitrogen and oxygen atoms in total. The maximum absolute atomic E-state index is 13.9. The van der Waals surface area contributed by atoms with Gasteiger partial charge < -0.3 is 19.5 Å². The highest BCUT2D eigenvalue weighted by molar-refractivity contribution is 9.10. The molecule has 7 heteroatoms. The summed E-state index contributed by atoms with van der Waals surface area (Å²) in [5, 5.41) is 3.33. The topological polar surface area (TPSA) is 52.6 Å². The van der Waals surface area contributed by atoms with Crippen LogP contribution in [0.1, 0.15) is 18.1 Å². The lowest BCUT2D eigenvalue weighted by atomic mass is 10.2. The SMILES string of the molecule is CCOc1cc(CNCCOc2ccccn2)cc(Br)c1OCc1ccccc1F. The van der Waals surface area contributed by atoms with Gasteiger partial charge in [-0.2, -0.15) is 0 Å². The van der Waals surface area contributed by atoms with Crippen molar-refractivity contribution in [1.82, 2.24) is 10.3 Å². The second-order valence-electron chi connectivity index (χ2n) is 6.41. The normalized spacial score (nSPS) is 10.6. The molecule has 1 heterocycles. The third-order valence-corrected chi connectivity index (χ3v) is 4.78. The number of aromatic nitrogens is 1. The van der Waals surface area contributed by atoms with E-state index in [1.165, 1.54) is 6.07 Å². The summed E-state index contributed by atoms with van der Waals surface area (Å²) in [5.74, 6) is 1.49. The smallest absolute Gasteiger partial charge is 0.213 e. The van der Waals surface area contributed by atoms with E-state index in [2.05, 4.69) is 26.2 Å². The van der Waals surface area contributed by atoms with E-state index in [1.54, 1.807) is 24.4 Å². The summed E-state index contributed by atoms with van der Waals surface area (Å²) in [6, 6.07) is 16.0. The van der Waals surface area contributed by atoms with Gasteiger partial charge in [0.05, 0.1) is 11.1 Å². The quantitative estimate of drug-likeness (QED) is 0.390. The summed E-state index contributed by atoms with van der Waals surface area (Å²) >= 11 is 3.55. The number of rotatable bonds is 11. The lowest BCUT2D eigenvalue weighted by Gasteiger charge is -2.16. The number of nitrogens with one attached hydrogen (secondary N) is 1. The van der Waals surface area contributed by atoms with Crippen LogP contribution >= 0.6 is 15.9 Å². The highest BCUT2D eigenvalue weighted by Gasteiger charge is 2.13. The molecular formula is C23H24BrFN2O3. The van der Waals surface area contributed by atoms with Crippen LogP contribution in [0.15, 0.2) is 65.3 Å². The van der Waals surface area contributed by atoms with E-state index in [4.69, 9.17) is 14.2 Å². The third-order valence-electron chi connectivity index (χ3n) is 4.19. The fourth-order valence-electron chi connectivity index (χ4n) is 2.78. The summed E-state index contributed by atoms with van der Waals surface area (Å²) in [5.41, 5.74) is 1.52. The molecule has 0 atom stereocenters. The largest absolute Gasteiger partial charge is 0.490 e. The molecular weight excluding hydrogens is 451 g/mol. The van der Waals surface area contributed by atoms with Crippen molar-refractivity contribution in [2.75, 3.05) is 19.8 Å². The van der Waals surface area contributed by atoms with Crippen molar-refractivity contribution in [2.24, 2.45) is 0 Å². The molecule has 0 saturated carbocycles. The fraction of sp³-hybridized carbons (Fsp3) is 0.261. The summed E-state index contributed by atoms with van der Waals surface area (Å²) < 4.78 is 31.8. The Labute approximate surface area is 184 Å². The summed E-state index contributed by atoms with van der Waals surface area (Å²) in [6.45, 7) is 4.35. The number of hydrogen-bond donors (Lipinski definition) is 1. The highest BCUT2D eigenvalue weighted by Crippen LogP contribution is 2.37. The third kappa shape index (κ3) is 6.43. The van der Waals surface area contributed by atoms with Crippen LogP contribution in [0.2, 0.25) is 0 Å². The molecule has 1 N–H and O–H groups in total. The lowest BCUT2D eigenvalue weighted by Crippen LogP contribution is -2.20. The minimum atomic E-state index is -0.291. The van der Waals surface area contributed by atoms with Crippen molar-refractivity contribution in [1.29, 1.82) is 0 Å². The predicted molar refractivity (Wildman–Crippen MR) is 117 cm³/mol. The van der Waals surface area contributed by atoms with Crippen LogP contribution < -0.4 is 19.5 Å². The maximum Gasteiger partial charge on any atom is 0.213 e. The molecule has 1 aromatic heterocycles. The molecule has 0 aliphatic carbocycles. The van der Waals surface area contributed by atoms with Gasteiger partial charge in [0.1, 0.15) is 19.0 Å². The Morgan fingerprint density at radius 1 is 1.03 bits per heavy atom. The zero-order chi connectivity index (χ0) is 21.2. The molecule has 3 aromatic rings. The summed E-state index contributed by atoms with van der Waals surface area (Å²) in [7, 11) is 0. The number of nitrogens with zero attached hydrogens (tertiary/aromatic N) is 1. The van der Waals surface area contributed by atoms with Crippen LogP contribution in [0.5, 0.6) is 17.4 Å². The van der Waals surface area contributed by atoms with Crippen molar-refractivity contribution in [2.45, 2.75) is 20.1 Å². The van der Waals surface area contributed by atoms with Crippen LogP contribution in [0.3, 0.4) is 0 Å². The molecule has 0 unspecified atom stereocenters. The average molecular weight is 475 g/mol. The van der Waals surface area contributed by atoms with E-state index >= 15 is 0 Å². The van der Waals surface area contributed by atoms with Crippen LogP contribution in [0.4, 0.5) is 4.39 Å². The Balaban J connectivity index is 1.57. The Morgan fingerprint density at radius 2 is 1.87 bits per heavy atom. The number of pyridine rings is 1. The van der Waals surface area contributed by atoms with Gasteiger partial charge in [-0.1, -0.05) is 24.3 Å². The number of hydrogen-bond acceptors (Lipinski definition) is 5. The van der Waals surface area contributed by atoms with Crippen LogP contribution in [-0.4, -0.2) is 24.7 Å². The van der Waals surface area contributed by atoms with E-state index in [0.29, 0.717) is 49.2 Å². The zero-order valence-electron chi connectivity index (χ0n) is 16.7. The predicted octanol–water partition coefficient (Wildman–Crippen LogP) is 5.13. The Morgan fingerprint density at radius 3 is 2.63 bits per heavy atom. The molecule has 0 aliphatic heterocycles. The minimum Gasteiger partial charge on any atom is -0.490 e. The van der Waals surface area contributed by atoms with Crippen molar-refractivity contribution in [3.8, 4) is 17.4 Å². The number of halogens is 2. The first-order valence-corrected chi connectivity index (χ1v) is 10.5. The summed E-state index contributed by atoms with van der Waals surface area (Å²) in [6.07, 6.45) is 1.70. The second kappa shape index (κ2) is 11.5. The molecule has 0 spiro atoms. The fourth-order valence-corrected chi connectivity index (χ4v) is 3.39. The molecule has 0 aliphatic rings. The minimum absolute atomic E-state index is 0.119. The van der Waals surface area contributed by atoms with Crippen LogP contribution in [0, 0.1) is 5.82 Å². The molecule has 30 heavy (non-hydrogen) atoms. The van der Waals surface area contributed by atoms with E-state index in [0.717, 1.165) is 10.0 Å². The number of ether oxygens (including phenoxy) is 3. The molecule has 0 amide bonds. The van der Waals surface area contributed by atoms with Gasteiger partial charge in [-0.05, 0) is 52.7 Å². The van der Waals surface area contributed by atoms with Crippen molar-refractivity contribution in [3.05, 3.63) is 82.2 Å². The first-order chi connectivity index (χ1) is 14.7. The van der Waals surface area contributed by atoms with Gasteiger partial charge in [-0.3, -0.25) is 0 Å². The van der Waals surface area contributed by atoms with Gasteiger partial charge in [0.2, 0.25) is 5.88 Å². The first-order valence-electron chi connectivity index (χ1n) is 9.73. The van der Waals surface area contributed by atoms with E-state index in [-0.39, 0.29) is 12.4 Å².